The number of phenolic OH excluding ortho intramolecular Hbond substituents is 1. The molecule has 1 saturated heterocycles. The summed E-state index contributed by atoms with van der Waals surface area (Å²) < 4.78 is 25.2. The van der Waals surface area contributed by atoms with Crippen LogP contribution in [0.25, 0.3) is 22.2 Å². The number of nitrogens with zero attached hydrogens (tertiary/aromatic N) is 2. The van der Waals surface area contributed by atoms with Crippen LogP contribution in [0.3, 0.4) is 0 Å². The van der Waals surface area contributed by atoms with E-state index in [0.29, 0.717) is 28.9 Å². The third kappa shape index (κ3) is 6.94. The van der Waals surface area contributed by atoms with Gasteiger partial charge in [0.25, 0.3) is 0 Å². The first kappa shape index (κ1) is 25.9. The lowest BCUT2D eigenvalue weighted by Gasteiger charge is -2.26. The Morgan fingerprint density at radius 1 is 1.08 bits per heavy atom. The number of piperidine rings is 1. The maximum atomic E-state index is 13.7. The molecule has 36 heavy (non-hydrogen) atoms. The van der Waals surface area contributed by atoms with Gasteiger partial charge in [0.15, 0.2) is 11.6 Å². The van der Waals surface area contributed by atoms with Crippen LogP contribution in [0, 0.1) is 5.82 Å². The summed E-state index contributed by atoms with van der Waals surface area (Å²) in [5, 5.41) is 10.7. The lowest BCUT2D eigenvalue weighted by atomic mass is 10.0. The van der Waals surface area contributed by atoms with Gasteiger partial charge in [0.2, 0.25) is 0 Å². The van der Waals surface area contributed by atoms with Crippen molar-refractivity contribution in [2.75, 3.05) is 26.2 Å². The monoisotopic (exact) mass is 494 g/mol. The second-order valence-electron chi connectivity index (χ2n) is 10.4. The first-order valence-corrected chi connectivity index (χ1v) is 12.7. The van der Waals surface area contributed by atoms with Crippen molar-refractivity contribution in [2.24, 2.45) is 0 Å². The minimum Gasteiger partial charge on any atom is -0.505 e. The Morgan fingerprint density at radius 3 is 2.58 bits per heavy atom. The molecule has 0 spiro atoms. The van der Waals surface area contributed by atoms with E-state index >= 15 is 0 Å². The zero-order chi connectivity index (χ0) is 25.7. The van der Waals surface area contributed by atoms with E-state index in [1.807, 2.05) is 45.0 Å². The Hall–Kier alpha value is -3.19. The van der Waals surface area contributed by atoms with Gasteiger partial charge < -0.3 is 19.5 Å². The predicted octanol–water partition coefficient (Wildman–Crippen LogP) is 5.89. The number of fused-ring (bicyclic) bond motifs is 1. The molecule has 0 amide bonds. The van der Waals surface area contributed by atoms with Crippen LogP contribution < -0.4 is 4.74 Å². The van der Waals surface area contributed by atoms with E-state index in [0.717, 1.165) is 24.1 Å². The van der Waals surface area contributed by atoms with Crippen molar-refractivity contribution < 1.29 is 23.8 Å². The highest BCUT2D eigenvalue weighted by atomic mass is 19.1. The number of carbonyl (C=O) groups is 1. The Kier molecular flexibility index (Phi) is 8.09. The molecule has 1 N–H and O–H groups in total. The highest BCUT2D eigenvalue weighted by Gasteiger charge is 2.20. The quantitative estimate of drug-likeness (QED) is 0.311. The molecule has 1 aliphatic heterocycles. The molecule has 3 aromatic rings. The number of hydrogen-bond donors (Lipinski definition) is 1. The van der Waals surface area contributed by atoms with Gasteiger partial charge in [-0.15, -0.1) is 0 Å². The highest BCUT2D eigenvalue weighted by Crippen LogP contribution is 2.31. The summed E-state index contributed by atoms with van der Waals surface area (Å²) in [5.74, 6) is -0.819. The van der Waals surface area contributed by atoms with E-state index in [4.69, 9.17) is 14.5 Å². The number of aromatic hydroxyl groups is 1. The molecule has 0 bridgehead atoms. The lowest BCUT2D eigenvalue weighted by Crippen LogP contribution is -2.31. The highest BCUT2D eigenvalue weighted by molar-refractivity contribution is 5.87. The van der Waals surface area contributed by atoms with Gasteiger partial charge in [-0.2, -0.15) is 0 Å². The van der Waals surface area contributed by atoms with Crippen molar-refractivity contribution in [3.63, 3.8) is 0 Å². The van der Waals surface area contributed by atoms with Crippen molar-refractivity contribution in [3.8, 4) is 22.8 Å². The largest absolute Gasteiger partial charge is 0.505 e. The molecule has 1 aliphatic rings. The van der Waals surface area contributed by atoms with Crippen LogP contribution in [-0.2, 0) is 16.0 Å². The van der Waals surface area contributed by atoms with Gasteiger partial charge in [0.05, 0.1) is 24.2 Å². The summed E-state index contributed by atoms with van der Waals surface area (Å²) in [7, 11) is 0. The van der Waals surface area contributed by atoms with E-state index in [2.05, 4.69) is 4.90 Å². The Morgan fingerprint density at radius 2 is 1.86 bits per heavy atom. The molecule has 7 heteroatoms. The minimum atomic E-state index is -0.713. The molecule has 0 atom stereocenters. The standard InChI is InChI=1S/C29H35FN2O4/c1-29(2,3)36-27(34)19-22-16-21-17-23(35-15-7-14-32-12-5-4-6-13-32)9-11-25(21)31-28(22)20-8-10-24(30)26(33)18-20/h8-11,16-18,33H,4-7,12-15,19H2,1-3H3. The average molecular weight is 495 g/mol. The van der Waals surface area contributed by atoms with Gasteiger partial charge in [-0.3, -0.25) is 4.79 Å². The maximum absolute atomic E-state index is 13.7. The van der Waals surface area contributed by atoms with Crippen molar-refractivity contribution in [1.29, 1.82) is 0 Å². The number of likely N-dealkylation sites (tertiary alicyclic amines) is 1. The number of carbonyl (C=O) groups excluding carboxylic acids is 1. The molecule has 192 valence electrons. The molecule has 0 aliphatic carbocycles. The molecule has 6 nitrogen and oxygen atoms in total. The minimum absolute atomic E-state index is 0.00536. The molecule has 0 unspecified atom stereocenters. The van der Waals surface area contributed by atoms with Gasteiger partial charge in [0, 0.05) is 17.5 Å². The molecule has 1 aromatic heterocycles. The van der Waals surface area contributed by atoms with Crippen LogP contribution in [0.5, 0.6) is 11.5 Å². The van der Waals surface area contributed by atoms with Crippen molar-refractivity contribution in [1.82, 2.24) is 9.88 Å². The van der Waals surface area contributed by atoms with Crippen LogP contribution in [0.15, 0.2) is 42.5 Å². The number of benzene rings is 2. The Labute approximate surface area is 212 Å². The second kappa shape index (κ2) is 11.2. The molecule has 2 heterocycles. The number of hydrogen-bond acceptors (Lipinski definition) is 6. The molecule has 1 fully saturated rings. The first-order chi connectivity index (χ1) is 17.2. The van der Waals surface area contributed by atoms with Crippen molar-refractivity contribution in [3.05, 3.63) is 53.8 Å². The third-order valence-electron chi connectivity index (χ3n) is 6.18. The number of rotatable bonds is 8. The SMILES string of the molecule is CC(C)(C)OC(=O)Cc1cc2cc(OCCCN3CCCCC3)ccc2nc1-c1ccc(F)c(O)c1. The molecular formula is C29H35FN2O4. The van der Waals surface area contributed by atoms with Gasteiger partial charge >= 0.3 is 5.97 Å². The van der Waals surface area contributed by atoms with Crippen LogP contribution >= 0.6 is 0 Å². The first-order valence-electron chi connectivity index (χ1n) is 12.7. The number of aromatic nitrogens is 1. The summed E-state index contributed by atoms with van der Waals surface area (Å²) in [6, 6.07) is 11.6. The topological polar surface area (TPSA) is 71.9 Å². The molecule has 0 radical (unpaired) electrons. The molecule has 0 saturated carbocycles. The lowest BCUT2D eigenvalue weighted by molar-refractivity contribution is -0.153. The second-order valence-corrected chi connectivity index (χ2v) is 10.4. The van der Waals surface area contributed by atoms with E-state index in [9.17, 15) is 14.3 Å². The summed E-state index contributed by atoms with van der Waals surface area (Å²) in [5.41, 5.74) is 1.74. The Balaban J connectivity index is 1.56. The van der Waals surface area contributed by atoms with Gasteiger partial charge in [-0.1, -0.05) is 6.42 Å². The van der Waals surface area contributed by atoms with Crippen molar-refractivity contribution >= 4 is 16.9 Å². The number of esters is 1. The number of pyridine rings is 1. The summed E-state index contributed by atoms with van der Waals surface area (Å²) in [4.78, 5) is 19.9. The van der Waals surface area contributed by atoms with E-state index in [1.54, 1.807) is 6.07 Å². The summed E-state index contributed by atoms with van der Waals surface area (Å²) in [6.45, 7) is 9.48. The number of phenols is 1. The van der Waals surface area contributed by atoms with Gasteiger partial charge in [0.1, 0.15) is 11.4 Å². The smallest absolute Gasteiger partial charge is 0.310 e. The fourth-order valence-electron chi connectivity index (χ4n) is 4.53. The Bertz CT molecular complexity index is 1220. The fourth-order valence-corrected chi connectivity index (χ4v) is 4.53. The fraction of sp³-hybridized carbons (Fsp3) is 0.448. The zero-order valence-corrected chi connectivity index (χ0v) is 21.3. The van der Waals surface area contributed by atoms with E-state index < -0.39 is 17.2 Å². The maximum Gasteiger partial charge on any atom is 0.310 e. The normalized spacial score (nSPS) is 14.7. The van der Waals surface area contributed by atoms with E-state index in [1.165, 1.54) is 44.5 Å². The van der Waals surface area contributed by atoms with Crippen LogP contribution in [0.4, 0.5) is 4.39 Å². The number of halogens is 1. The van der Waals surface area contributed by atoms with E-state index in [-0.39, 0.29) is 12.4 Å². The predicted molar refractivity (Wildman–Crippen MR) is 139 cm³/mol. The van der Waals surface area contributed by atoms with Gasteiger partial charge in [-0.25, -0.2) is 9.37 Å². The van der Waals surface area contributed by atoms with Crippen LogP contribution in [-0.4, -0.2) is 52.8 Å². The van der Waals surface area contributed by atoms with Crippen LogP contribution in [0.1, 0.15) is 52.0 Å². The summed E-state index contributed by atoms with van der Waals surface area (Å²) >= 11 is 0. The third-order valence-corrected chi connectivity index (χ3v) is 6.18. The zero-order valence-electron chi connectivity index (χ0n) is 21.3. The molecular weight excluding hydrogens is 459 g/mol. The van der Waals surface area contributed by atoms with Crippen molar-refractivity contribution in [2.45, 2.75) is 58.5 Å². The van der Waals surface area contributed by atoms with Gasteiger partial charge in [-0.05, 0) is 101 Å². The van der Waals surface area contributed by atoms with Crippen LogP contribution in [0.2, 0.25) is 0 Å². The molecule has 4 rings (SSSR count). The number of ether oxygens (including phenoxy) is 2. The molecule has 2 aromatic carbocycles. The average Bonchev–Trinajstić information content (AvgIpc) is 2.82. The summed E-state index contributed by atoms with van der Waals surface area (Å²) in [6.07, 6.45) is 4.85.